The van der Waals surface area contributed by atoms with Crippen LogP contribution in [0.15, 0.2) is 36.5 Å². The molecule has 2 aromatic rings. The maximum atomic E-state index is 12.5. The zero-order valence-corrected chi connectivity index (χ0v) is 15.6. The van der Waals surface area contributed by atoms with Gasteiger partial charge in [-0.05, 0) is 30.3 Å². The highest BCUT2D eigenvalue weighted by atomic mass is 35.5. The van der Waals surface area contributed by atoms with Crippen molar-refractivity contribution in [3.63, 3.8) is 0 Å². The lowest BCUT2D eigenvalue weighted by Crippen LogP contribution is -2.44. The molecule has 0 aliphatic carbocycles. The van der Waals surface area contributed by atoms with Crippen LogP contribution in [0, 0.1) is 0 Å². The molecule has 0 bridgehead atoms. The molecule has 1 aliphatic heterocycles. The molecular weight excluding hydrogens is 361 g/mol. The third kappa shape index (κ3) is 4.36. The molecule has 2 heterocycles. The third-order valence-corrected chi connectivity index (χ3v) is 4.99. The summed E-state index contributed by atoms with van der Waals surface area (Å²) in [5.41, 5.74) is 1.59. The molecule has 0 unspecified atom stereocenters. The number of hydrogen-bond acceptors (Lipinski definition) is 3. The molecule has 0 saturated carbocycles. The fraction of sp³-hybridized carbons (Fsp3) is 0.389. The Morgan fingerprint density at radius 3 is 2.68 bits per heavy atom. The normalized spacial score (nSPS) is 16.6. The minimum Gasteiger partial charge on any atom is -0.379 e. The van der Waals surface area contributed by atoms with Crippen LogP contribution in [0.25, 0.3) is 0 Å². The van der Waals surface area contributed by atoms with E-state index in [0.29, 0.717) is 35.4 Å². The van der Waals surface area contributed by atoms with Gasteiger partial charge in [0.05, 0.1) is 29.8 Å². The van der Waals surface area contributed by atoms with E-state index in [0.717, 1.165) is 18.8 Å². The number of carbonyl (C=O) groups is 1. The number of morpholine rings is 1. The Bertz CT molecular complexity index is 742. The topological polar surface area (TPSA) is 46.5 Å². The zero-order valence-electron chi connectivity index (χ0n) is 14.0. The van der Waals surface area contributed by atoms with Gasteiger partial charge in [-0.15, -0.1) is 0 Å². The Morgan fingerprint density at radius 2 is 2.04 bits per heavy atom. The summed E-state index contributed by atoms with van der Waals surface area (Å²) in [6.07, 6.45) is 2.01. The Balaban J connectivity index is 1.74. The molecule has 1 aromatic carbocycles. The van der Waals surface area contributed by atoms with Gasteiger partial charge >= 0.3 is 0 Å². The number of hydrogen-bond donors (Lipinski definition) is 1. The van der Waals surface area contributed by atoms with Gasteiger partial charge in [0.25, 0.3) is 5.91 Å². The number of nitrogens with zero attached hydrogens (tertiary/aromatic N) is 2. The van der Waals surface area contributed by atoms with Crippen LogP contribution in [-0.4, -0.2) is 48.2 Å². The number of nitrogens with one attached hydrogen (secondary N) is 1. The van der Waals surface area contributed by atoms with Gasteiger partial charge in [-0.25, -0.2) is 0 Å². The van der Waals surface area contributed by atoms with Crippen molar-refractivity contribution < 1.29 is 9.53 Å². The first-order valence-corrected chi connectivity index (χ1v) is 8.98. The highest BCUT2D eigenvalue weighted by Crippen LogP contribution is 2.23. The summed E-state index contributed by atoms with van der Waals surface area (Å²) < 4.78 is 7.54. The minimum absolute atomic E-state index is 0.0823. The fourth-order valence-electron chi connectivity index (χ4n) is 3.09. The van der Waals surface area contributed by atoms with Gasteiger partial charge < -0.3 is 14.6 Å². The molecule has 1 aromatic heterocycles. The first-order valence-electron chi connectivity index (χ1n) is 8.22. The van der Waals surface area contributed by atoms with Crippen molar-refractivity contribution in [2.24, 2.45) is 7.05 Å². The minimum atomic E-state index is -0.200. The summed E-state index contributed by atoms with van der Waals surface area (Å²) in [6.45, 7) is 3.59. The van der Waals surface area contributed by atoms with Crippen molar-refractivity contribution in [2.45, 2.75) is 6.04 Å². The number of benzene rings is 1. The van der Waals surface area contributed by atoms with E-state index in [4.69, 9.17) is 27.9 Å². The Labute approximate surface area is 157 Å². The van der Waals surface area contributed by atoms with Crippen molar-refractivity contribution in [1.29, 1.82) is 0 Å². The molecule has 0 spiro atoms. The lowest BCUT2D eigenvalue weighted by Gasteiger charge is -2.35. The van der Waals surface area contributed by atoms with E-state index >= 15 is 0 Å². The van der Waals surface area contributed by atoms with E-state index in [1.807, 2.05) is 19.3 Å². The first-order chi connectivity index (χ1) is 12.1. The molecule has 7 heteroatoms. The first kappa shape index (κ1) is 18.3. The number of amides is 1. The van der Waals surface area contributed by atoms with Crippen molar-refractivity contribution >= 4 is 29.1 Å². The largest absolute Gasteiger partial charge is 0.379 e. The van der Waals surface area contributed by atoms with Crippen LogP contribution < -0.4 is 5.32 Å². The quantitative estimate of drug-likeness (QED) is 0.865. The van der Waals surface area contributed by atoms with Gasteiger partial charge in [-0.2, -0.15) is 0 Å². The van der Waals surface area contributed by atoms with Gasteiger partial charge in [-0.1, -0.05) is 23.2 Å². The summed E-state index contributed by atoms with van der Waals surface area (Å²) in [5, 5.41) is 3.87. The molecule has 1 aliphatic rings. The lowest BCUT2D eigenvalue weighted by molar-refractivity contribution is 0.0148. The standard InChI is InChI=1S/C18H21Cl2N3O2/c1-22-6-2-3-16(22)17(23-7-9-25-10-8-23)12-21-18(24)14-5-4-13(19)11-15(14)20/h2-6,11,17H,7-10,12H2,1H3,(H,21,24)/t17-/m0/s1. The second-order valence-electron chi connectivity index (χ2n) is 6.04. The number of halogens is 2. The Morgan fingerprint density at radius 1 is 1.28 bits per heavy atom. The molecule has 1 fully saturated rings. The van der Waals surface area contributed by atoms with Crippen molar-refractivity contribution in [1.82, 2.24) is 14.8 Å². The maximum Gasteiger partial charge on any atom is 0.252 e. The van der Waals surface area contributed by atoms with Gasteiger partial charge in [0.1, 0.15) is 0 Å². The van der Waals surface area contributed by atoms with Crippen LogP contribution >= 0.6 is 23.2 Å². The van der Waals surface area contributed by atoms with Crippen molar-refractivity contribution in [3.8, 4) is 0 Å². The molecule has 134 valence electrons. The van der Waals surface area contributed by atoms with E-state index in [-0.39, 0.29) is 11.9 Å². The van der Waals surface area contributed by atoms with E-state index < -0.39 is 0 Å². The number of carbonyl (C=O) groups excluding carboxylic acids is 1. The zero-order chi connectivity index (χ0) is 17.8. The van der Waals surface area contributed by atoms with Crippen LogP contribution in [0.5, 0.6) is 0 Å². The smallest absolute Gasteiger partial charge is 0.252 e. The summed E-state index contributed by atoms with van der Waals surface area (Å²) in [6, 6.07) is 9.07. The second-order valence-corrected chi connectivity index (χ2v) is 6.89. The highest BCUT2D eigenvalue weighted by Gasteiger charge is 2.25. The van der Waals surface area contributed by atoms with E-state index in [2.05, 4.69) is 20.9 Å². The van der Waals surface area contributed by atoms with Gasteiger partial charge in [0, 0.05) is 43.6 Å². The summed E-state index contributed by atoms with van der Waals surface area (Å²) >= 11 is 12.0. The predicted molar refractivity (Wildman–Crippen MR) is 99.3 cm³/mol. The SMILES string of the molecule is Cn1cccc1[C@H](CNC(=O)c1ccc(Cl)cc1Cl)N1CCOCC1. The second kappa shape index (κ2) is 8.23. The maximum absolute atomic E-state index is 12.5. The monoisotopic (exact) mass is 381 g/mol. The highest BCUT2D eigenvalue weighted by molar-refractivity contribution is 6.36. The van der Waals surface area contributed by atoms with Gasteiger partial charge in [0.15, 0.2) is 0 Å². The molecule has 1 N–H and O–H groups in total. The van der Waals surface area contributed by atoms with Crippen LogP contribution in [0.3, 0.4) is 0 Å². The van der Waals surface area contributed by atoms with Crippen LogP contribution in [0.2, 0.25) is 10.0 Å². The lowest BCUT2D eigenvalue weighted by atomic mass is 10.1. The predicted octanol–water partition coefficient (Wildman–Crippen LogP) is 3.14. The molecule has 1 amide bonds. The van der Waals surface area contributed by atoms with Crippen molar-refractivity contribution in [3.05, 3.63) is 57.8 Å². The van der Waals surface area contributed by atoms with E-state index in [9.17, 15) is 4.79 Å². The van der Waals surface area contributed by atoms with Gasteiger partial charge in [0.2, 0.25) is 0 Å². The summed E-state index contributed by atoms with van der Waals surface area (Å²) in [7, 11) is 2.01. The van der Waals surface area contributed by atoms with Crippen LogP contribution in [0.4, 0.5) is 0 Å². The average molecular weight is 382 g/mol. The molecule has 1 saturated heterocycles. The molecular formula is C18H21Cl2N3O2. The summed E-state index contributed by atoms with van der Waals surface area (Å²) in [4.78, 5) is 14.9. The molecule has 5 nitrogen and oxygen atoms in total. The molecule has 3 rings (SSSR count). The Kier molecular flexibility index (Phi) is 6.02. The molecule has 0 radical (unpaired) electrons. The molecule has 1 atom stereocenters. The number of aryl methyl sites for hydroxylation is 1. The van der Waals surface area contributed by atoms with Crippen LogP contribution in [0.1, 0.15) is 22.1 Å². The van der Waals surface area contributed by atoms with Crippen LogP contribution in [-0.2, 0) is 11.8 Å². The number of rotatable bonds is 5. The average Bonchev–Trinajstić information content (AvgIpc) is 3.02. The molecule has 25 heavy (non-hydrogen) atoms. The van der Waals surface area contributed by atoms with E-state index in [1.165, 1.54) is 0 Å². The number of ether oxygens (including phenoxy) is 1. The van der Waals surface area contributed by atoms with Gasteiger partial charge in [-0.3, -0.25) is 9.69 Å². The fourth-order valence-corrected chi connectivity index (χ4v) is 3.58. The van der Waals surface area contributed by atoms with E-state index in [1.54, 1.807) is 18.2 Å². The Hall–Kier alpha value is -1.53. The third-order valence-electron chi connectivity index (χ3n) is 4.44. The number of aromatic nitrogens is 1. The summed E-state index contributed by atoms with van der Waals surface area (Å²) in [5.74, 6) is -0.200. The van der Waals surface area contributed by atoms with Crippen molar-refractivity contribution in [2.75, 3.05) is 32.8 Å².